The van der Waals surface area contributed by atoms with E-state index >= 15 is 0 Å². The molecule has 98 valence electrons. The van der Waals surface area contributed by atoms with E-state index in [9.17, 15) is 4.79 Å². The number of carbonyl (C=O) groups is 1. The van der Waals surface area contributed by atoms with Gasteiger partial charge in [-0.1, -0.05) is 36.9 Å². The van der Waals surface area contributed by atoms with Crippen LogP contribution in [0.4, 0.5) is 0 Å². The van der Waals surface area contributed by atoms with E-state index in [1.807, 2.05) is 18.2 Å². The molecule has 0 saturated carbocycles. The van der Waals surface area contributed by atoms with Crippen LogP contribution in [0, 0.1) is 0 Å². The molecule has 0 aromatic heterocycles. The molecule has 0 spiro atoms. The van der Waals surface area contributed by atoms with Gasteiger partial charge in [-0.25, -0.2) is 0 Å². The van der Waals surface area contributed by atoms with E-state index in [4.69, 9.17) is 11.6 Å². The Kier molecular flexibility index (Phi) is 7.59. The Balaban J connectivity index is 2.20. The average molecular weight is 377 g/mol. The fourth-order valence-corrected chi connectivity index (χ4v) is 2.80. The van der Waals surface area contributed by atoms with Gasteiger partial charge >= 0.3 is 0 Å². The summed E-state index contributed by atoms with van der Waals surface area (Å²) in [6.45, 7) is 3.82. The zero-order valence-electron chi connectivity index (χ0n) is 10.4. The van der Waals surface area contributed by atoms with Crippen molar-refractivity contribution in [3.8, 4) is 0 Å². The van der Waals surface area contributed by atoms with Crippen LogP contribution < -0.4 is 0 Å². The fourth-order valence-electron chi connectivity index (χ4n) is 1.71. The molecule has 0 amide bonds. The summed E-state index contributed by atoms with van der Waals surface area (Å²) in [7, 11) is 0. The Labute approximate surface area is 128 Å². The number of hydrogen-bond donors (Lipinski definition) is 0. The first-order valence-electron chi connectivity index (χ1n) is 6.11. The van der Waals surface area contributed by atoms with Gasteiger partial charge in [0.15, 0.2) is 0 Å². The van der Waals surface area contributed by atoms with Crippen molar-refractivity contribution in [2.24, 2.45) is 0 Å². The van der Waals surface area contributed by atoms with Crippen LogP contribution >= 0.6 is 34.2 Å². The Bertz CT molecular complexity index is 389. The SMILES string of the molecule is C=C(I)CC(Cl)CCC(=O)CCc1ccccc1. The number of hydrogen-bond acceptors (Lipinski definition) is 1. The monoisotopic (exact) mass is 376 g/mol. The summed E-state index contributed by atoms with van der Waals surface area (Å²) in [6.07, 6.45) is 3.54. The van der Waals surface area contributed by atoms with Gasteiger partial charge in [-0.15, -0.1) is 11.6 Å². The van der Waals surface area contributed by atoms with Gasteiger partial charge in [0.2, 0.25) is 0 Å². The standard InChI is InChI=1S/C15H18ClIO/c1-12(17)11-14(16)8-10-15(18)9-7-13-5-3-2-4-6-13/h2-6,14H,1,7-11H2. The minimum absolute atomic E-state index is 0.0371. The second-order valence-electron chi connectivity index (χ2n) is 4.38. The minimum Gasteiger partial charge on any atom is -0.300 e. The number of carbonyl (C=O) groups excluding carboxylic acids is 1. The third-order valence-corrected chi connectivity index (χ3v) is 3.53. The maximum absolute atomic E-state index is 11.7. The zero-order chi connectivity index (χ0) is 13.4. The molecule has 0 N–H and O–H groups in total. The predicted molar refractivity (Wildman–Crippen MR) is 86.4 cm³/mol. The molecule has 0 aliphatic rings. The van der Waals surface area contributed by atoms with Crippen molar-refractivity contribution in [3.63, 3.8) is 0 Å². The molecule has 18 heavy (non-hydrogen) atoms. The largest absolute Gasteiger partial charge is 0.300 e. The highest BCUT2D eigenvalue weighted by molar-refractivity contribution is 14.1. The van der Waals surface area contributed by atoms with Gasteiger partial charge in [-0.05, 0) is 51.0 Å². The Morgan fingerprint density at radius 2 is 1.94 bits per heavy atom. The van der Waals surface area contributed by atoms with Crippen molar-refractivity contribution in [3.05, 3.63) is 46.1 Å². The third-order valence-electron chi connectivity index (χ3n) is 2.71. The number of allylic oxidation sites excluding steroid dienone is 1. The van der Waals surface area contributed by atoms with Crippen molar-refractivity contribution in [1.29, 1.82) is 0 Å². The first-order chi connectivity index (χ1) is 8.58. The van der Waals surface area contributed by atoms with Crippen LogP contribution in [-0.4, -0.2) is 11.2 Å². The van der Waals surface area contributed by atoms with Crippen molar-refractivity contribution >= 4 is 40.0 Å². The lowest BCUT2D eigenvalue weighted by molar-refractivity contribution is -0.119. The number of benzene rings is 1. The molecule has 0 heterocycles. The van der Waals surface area contributed by atoms with Crippen LogP contribution in [0.3, 0.4) is 0 Å². The van der Waals surface area contributed by atoms with Crippen LogP contribution in [0.25, 0.3) is 0 Å². The van der Waals surface area contributed by atoms with E-state index < -0.39 is 0 Å². The lowest BCUT2D eigenvalue weighted by Gasteiger charge is -2.07. The van der Waals surface area contributed by atoms with E-state index in [0.717, 1.165) is 22.8 Å². The molecule has 0 radical (unpaired) electrons. The fraction of sp³-hybridized carbons (Fsp3) is 0.400. The third kappa shape index (κ3) is 7.17. The summed E-state index contributed by atoms with van der Waals surface area (Å²) in [5, 5.41) is 0.0371. The van der Waals surface area contributed by atoms with Crippen molar-refractivity contribution < 1.29 is 4.79 Å². The molecule has 1 aromatic rings. The molecule has 3 heteroatoms. The first kappa shape index (κ1) is 15.7. The summed E-state index contributed by atoms with van der Waals surface area (Å²) in [5.74, 6) is 0.295. The van der Waals surface area contributed by atoms with Crippen LogP contribution in [-0.2, 0) is 11.2 Å². The topological polar surface area (TPSA) is 17.1 Å². The molecule has 0 bridgehead atoms. The Morgan fingerprint density at radius 1 is 1.28 bits per heavy atom. The van der Waals surface area contributed by atoms with E-state index in [1.165, 1.54) is 5.56 Å². The molecular weight excluding hydrogens is 359 g/mol. The number of alkyl halides is 1. The highest BCUT2D eigenvalue weighted by atomic mass is 127. The van der Waals surface area contributed by atoms with Crippen molar-refractivity contribution in [2.45, 2.75) is 37.5 Å². The average Bonchev–Trinajstić information content (AvgIpc) is 2.34. The van der Waals surface area contributed by atoms with Crippen LogP contribution in [0.1, 0.15) is 31.2 Å². The molecule has 1 nitrogen and oxygen atoms in total. The smallest absolute Gasteiger partial charge is 0.133 e. The maximum Gasteiger partial charge on any atom is 0.133 e. The van der Waals surface area contributed by atoms with Crippen LogP contribution in [0.5, 0.6) is 0 Å². The number of ketones is 1. The molecule has 0 aliphatic carbocycles. The summed E-state index contributed by atoms with van der Waals surface area (Å²) in [6, 6.07) is 10.1. The van der Waals surface area contributed by atoms with Gasteiger partial charge in [0, 0.05) is 18.2 Å². The predicted octanol–water partition coefficient (Wildman–Crippen LogP) is 4.91. The molecule has 1 unspecified atom stereocenters. The summed E-state index contributed by atoms with van der Waals surface area (Å²) >= 11 is 8.29. The van der Waals surface area contributed by atoms with Gasteiger partial charge in [0.1, 0.15) is 5.78 Å². The lowest BCUT2D eigenvalue weighted by Crippen LogP contribution is -2.05. The summed E-state index contributed by atoms with van der Waals surface area (Å²) in [5.41, 5.74) is 1.22. The highest BCUT2D eigenvalue weighted by Gasteiger charge is 2.09. The molecule has 1 aromatic carbocycles. The van der Waals surface area contributed by atoms with E-state index in [-0.39, 0.29) is 5.38 Å². The summed E-state index contributed by atoms with van der Waals surface area (Å²) < 4.78 is 1.05. The Morgan fingerprint density at radius 3 is 2.56 bits per heavy atom. The van der Waals surface area contributed by atoms with Gasteiger partial charge in [-0.3, -0.25) is 4.79 Å². The minimum atomic E-state index is 0.0371. The molecule has 0 aliphatic heterocycles. The normalized spacial score (nSPS) is 12.1. The van der Waals surface area contributed by atoms with Gasteiger partial charge in [0.05, 0.1) is 0 Å². The van der Waals surface area contributed by atoms with Gasteiger partial charge < -0.3 is 0 Å². The second-order valence-corrected chi connectivity index (χ2v) is 6.52. The molecule has 1 atom stereocenters. The maximum atomic E-state index is 11.7. The van der Waals surface area contributed by atoms with E-state index in [1.54, 1.807) is 0 Å². The molecule has 0 saturated heterocycles. The van der Waals surface area contributed by atoms with E-state index in [0.29, 0.717) is 18.6 Å². The zero-order valence-corrected chi connectivity index (χ0v) is 13.3. The molecular formula is C15H18ClIO. The number of rotatable bonds is 8. The number of Topliss-reactive ketones (excluding diaryl/α,β-unsaturated/α-hetero) is 1. The van der Waals surface area contributed by atoms with Gasteiger partial charge in [0.25, 0.3) is 0 Å². The quantitative estimate of drug-likeness (QED) is 0.465. The molecule has 0 fully saturated rings. The van der Waals surface area contributed by atoms with Gasteiger partial charge in [-0.2, -0.15) is 0 Å². The summed E-state index contributed by atoms with van der Waals surface area (Å²) in [4.78, 5) is 11.7. The van der Waals surface area contributed by atoms with E-state index in [2.05, 4.69) is 41.3 Å². The Hall–Kier alpha value is -0.350. The van der Waals surface area contributed by atoms with Crippen molar-refractivity contribution in [1.82, 2.24) is 0 Å². The van der Waals surface area contributed by atoms with Crippen LogP contribution in [0.15, 0.2) is 40.5 Å². The number of halogens is 2. The van der Waals surface area contributed by atoms with Crippen LogP contribution in [0.2, 0.25) is 0 Å². The molecule has 1 rings (SSSR count). The first-order valence-corrected chi connectivity index (χ1v) is 7.62. The number of aryl methyl sites for hydroxylation is 1. The van der Waals surface area contributed by atoms with Crippen molar-refractivity contribution in [2.75, 3.05) is 0 Å². The highest BCUT2D eigenvalue weighted by Crippen LogP contribution is 2.19. The lowest BCUT2D eigenvalue weighted by atomic mass is 10.0. The second kappa shape index (κ2) is 8.70.